The van der Waals surface area contributed by atoms with E-state index in [0.717, 1.165) is 4.90 Å². The van der Waals surface area contributed by atoms with Crippen LogP contribution in [0.1, 0.15) is 27.2 Å². The number of nitrogens with zero attached hydrogens (tertiary/aromatic N) is 1. The van der Waals surface area contributed by atoms with Gasteiger partial charge in [-0.1, -0.05) is 0 Å². The Morgan fingerprint density at radius 3 is 2.32 bits per heavy atom. The molecule has 1 heterocycles. The Labute approximate surface area is 128 Å². The summed E-state index contributed by atoms with van der Waals surface area (Å²) in [6.45, 7) is 6.08. The maximum absolute atomic E-state index is 11.4. The minimum atomic E-state index is -1.25. The van der Waals surface area contributed by atoms with Crippen LogP contribution in [0.2, 0.25) is 0 Å². The van der Waals surface area contributed by atoms with Crippen molar-refractivity contribution in [1.29, 1.82) is 0 Å². The highest BCUT2D eigenvalue weighted by Crippen LogP contribution is 2.18. The second-order valence-corrected chi connectivity index (χ2v) is 6.10. The average molecular weight is 317 g/mol. The van der Waals surface area contributed by atoms with E-state index in [0.29, 0.717) is 13.1 Å². The Morgan fingerprint density at radius 1 is 1.23 bits per heavy atom. The molecule has 1 fully saturated rings. The number of amides is 2. The number of hydrogen-bond acceptors (Lipinski definition) is 5. The number of rotatable bonds is 5. The van der Waals surface area contributed by atoms with Crippen molar-refractivity contribution in [2.45, 2.75) is 44.9 Å². The monoisotopic (exact) mass is 317 g/mol. The van der Waals surface area contributed by atoms with E-state index in [-0.39, 0.29) is 19.0 Å². The lowest BCUT2D eigenvalue weighted by Gasteiger charge is -2.20. The smallest absolute Gasteiger partial charge is 0.408 e. The van der Waals surface area contributed by atoms with Crippen LogP contribution in [-0.2, 0) is 9.53 Å². The highest BCUT2D eigenvalue weighted by atomic mass is 16.6. The Morgan fingerprint density at radius 2 is 1.86 bits per heavy atom. The number of carbonyl (C=O) groups is 3. The first-order valence-corrected chi connectivity index (χ1v) is 7.03. The van der Waals surface area contributed by atoms with Gasteiger partial charge in [0.25, 0.3) is 0 Å². The van der Waals surface area contributed by atoms with Crippen LogP contribution in [0.15, 0.2) is 0 Å². The van der Waals surface area contributed by atoms with Gasteiger partial charge >= 0.3 is 18.2 Å². The first-order valence-electron chi connectivity index (χ1n) is 7.03. The first kappa shape index (κ1) is 18.0. The third kappa shape index (κ3) is 5.76. The van der Waals surface area contributed by atoms with E-state index in [9.17, 15) is 14.4 Å². The molecule has 4 N–H and O–H groups in total. The molecule has 1 aliphatic rings. The number of carboxylic acids is 1. The zero-order valence-corrected chi connectivity index (χ0v) is 13.0. The summed E-state index contributed by atoms with van der Waals surface area (Å²) in [5.41, 5.74) is -0.570. The number of hydrogen-bond donors (Lipinski definition) is 4. The summed E-state index contributed by atoms with van der Waals surface area (Å²) in [6.07, 6.45) is -1.58. The number of nitrogens with one attached hydrogen (secondary N) is 2. The zero-order valence-electron chi connectivity index (χ0n) is 13.0. The number of likely N-dealkylation sites (tertiary alicyclic amines) is 1. The first-order chi connectivity index (χ1) is 10.1. The fourth-order valence-electron chi connectivity index (χ4n) is 2.18. The van der Waals surface area contributed by atoms with E-state index in [1.54, 1.807) is 20.8 Å². The highest BCUT2D eigenvalue weighted by Gasteiger charge is 2.39. The average Bonchev–Trinajstić information content (AvgIpc) is 2.77. The van der Waals surface area contributed by atoms with E-state index in [1.165, 1.54) is 0 Å². The molecule has 0 saturated carbocycles. The minimum absolute atomic E-state index is 0.110. The lowest BCUT2D eigenvalue weighted by Crippen LogP contribution is -2.41. The summed E-state index contributed by atoms with van der Waals surface area (Å²) in [5.74, 6) is -1.15. The molecule has 0 aliphatic carbocycles. The fraction of sp³-hybridized carbons (Fsp3) is 0.769. The molecular formula is C13H23N3O6. The lowest BCUT2D eigenvalue weighted by atomic mass is 10.2. The summed E-state index contributed by atoms with van der Waals surface area (Å²) in [6, 6.07) is -1.29. The van der Waals surface area contributed by atoms with E-state index in [2.05, 4.69) is 10.6 Å². The Kier molecular flexibility index (Phi) is 5.98. The molecule has 9 nitrogen and oxygen atoms in total. The molecule has 2 amide bonds. The van der Waals surface area contributed by atoms with Crippen LogP contribution in [0, 0.1) is 0 Å². The molecule has 0 aromatic rings. The van der Waals surface area contributed by atoms with Gasteiger partial charge in [-0.15, -0.1) is 0 Å². The molecule has 0 bridgehead atoms. The Balaban J connectivity index is 2.30. The van der Waals surface area contributed by atoms with E-state index in [1.807, 2.05) is 0 Å². The summed E-state index contributed by atoms with van der Waals surface area (Å²) >= 11 is 0. The maximum atomic E-state index is 11.4. The van der Waals surface area contributed by atoms with Crippen molar-refractivity contribution in [3.63, 3.8) is 0 Å². The number of alkyl carbamates (subject to hydrolysis) is 1. The molecule has 0 unspecified atom stereocenters. The van der Waals surface area contributed by atoms with Crippen LogP contribution in [0.5, 0.6) is 0 Å². The second kappa shape index (κ2) is 7.30. The third-order valence-electron chi connectivity index (χ3n) is 3.06. The summed E-state index contributed by atoms with van der Waals surface area (Å²) in [5, 5.41) is 23.6. The van der Waals surface area contributed by atoms with Gasteiger partial charge < -0.3 is 25.6 Å². The number of carboxylic acid groups (broad SMARTS) is 2. The van der Waals surface area contributed by atoms with E-state index in [4.69, 9.17) is 14.9 Å². The molecule has 0 aromatic heterocycles. The van der Waals surface area contributed by atoms with Crippen LogP contribution in [0.25, 0.3) is 0 Å². The largest absolute Gasteiger partial charge is 0.480 e. The predicted molar refractivity (Wildman–Crippen MR) is 76.8 cm³/mol. The van der Waals surface area contributed by atoms with Gasteiger partial charge in [-0.3, -0.25) is 4.90 Å². The van der Waals surface area contributed by atoms with Gasteiger partial charge in [0.05, 0.1) is 0 Å². The predicted octanol–water partition coefficient (Wildman–Crippen LogP) is 0.306. The van der Waals surface area contributed by atoms with Crippen molar-refractivity contribution >= 4 is 18.2 Å². The molecule has 9 heteroatoms. The van der Waals surface area contributed by atoms with Crippen LogP contribution >= 0.6 is 0 Å². The molecule has 126 valence electrons. The standard InChI is InChI=1S/C13H23N3O6/c1-13(2,3)22-11(19)15-5-4-14-8-6-9(10(17)18)16(7-8)12(20)21/h8-9,14H,4-7H2,1-3H3,(H,15,19)(H,17,18)(H,20,21)/t8-,9+/m1/s1. The van der Waals surface area contributed by atoms with Crippen LogP contribution in [-0.4, -0.2) is 70.6 Å². The second-order valence-electron chi connectivity index (χ2n) is 6.10. The van der Waals surface area contributed by atoms with Crippen molar-refractivity contribution < 1.29 is 29.3 Å². The van der Waals surface area contributed by atoms with Gasteiger partial charge in [-0.05, 0) is 27.2 Å². The zero-order chi connectivity index (χ0) is 16.9. The maximum Gasteiger partial charge on any atom is 0.408 e. The van der Waals surface area contributed by atoms with E-state index >= 15 is 0 Å². The third-order valence-corrected chi connectivity index (χ3v) is 3.06. The molecule has 0 aromatic carbocycles. The molecule has 1 aliphatic heterocycles. The van der Waals surface area contributed by atoms with Crippen LogP contribution in [0.3, 0.4) is 0 Å². The Bertz CT molecular complexity index is 412. The van der Waals surface area contributed by atoms with Crippen LogP contribution in [0.4, 0.5) is 9.59 Å². The van der Waals surface area contributed by atoms with Crippen molar-refractivity contribution in [3.8, 4) is 0 Å². The normalized spacial score (nSPS) is 21.5. The van der Waals surface area contributed by atoms with Crippen LogP contribution < -0.4 is 10.6 Å². The summed E-state index contributed by atoms with van der Waals surface area (Å²) in [4.78, 5) is 34.3. The van der Waals surface area contributed by atoms with E-state index < -0.39 is 29.8 Å². The molecule has 1 rings (SSSR count). The number of ether oxygens (including phenoxy) is 1. The minimum Gasteiger partial charge on any atom is -0.480 e. The molecule has 1 saturated heterocycles. The highest BCUT2D eigenvalue weighted by molar-refractivity contribution is 5.80. The summed E-state index contributed by atoms with van der Waals surface area (Å²) < 4.78 is 5.07. The molecule has 0 radical (unpaired) electrons. The molecule has 2 atom stereocenters. The molecule has 22 heavy (non-hydrogen) atoms. The van der Waals surface area contributed by atoms with Gasteiger partial charge in [-0.2, -0.15) is 0 Å². The lowest BCUT2D eigenvalue weighted by molar-refractivity contribution is -0.141. The number of aliphatic carboxylic acids is 1. The van der Waals surface area contributed by atoms with Gasteiger partial charge in [-0.25, -0.2) is 14.4 Å². The fourth-order valence-corrected chi connectivity index (χ4v) is 2.18. The number of carbonyl (C=O) groups excluding carboxylic acids is 1. The van der Waals surface area contributed by atoms with Gasteiger partial charge in [0.1, 0.15) is 11.6 Å². The SMILES string of the molecule is CC(C)(C)OC(=O)NCCN[C@@H]1C[C@@H](C(=O)O)N(C(=O)O)C1. The summed E-state index contributed by atoms with van der Waals surface area (Å²) in [7, 11) is 0. The van der Waals surface area contributed by atoms with Gasteiger partial charge in [0, 0.05) is 25.7 Å². The van der Waals surface area contributed by atoms with Crippen molar-refractivity contribution in [1.82, 2.24) is 15.5 Å². The molecular weight excluding hydrogens is 294 g/mol. The van der Waals surface area contributed by atoms with Crippen molar-refractivity contribution in [2.75, 3.05) is 19.6 Å². The van der Waals surface area contributed by atoms with Gasteiger partial charge in [0.15, 0.2) is 0 Å². The quantitative estimate of drug-likeness (QED) is 0.537. The van der Waals surface area contributed by atoms with Crippen molar-refractivity contribution in [3.05, 3.63) is 0 Å². The molecule has 0 spiro atoms. The topological polar surface area (TPSA) is 128 Å². The van der Waals surface area contributed by atoms with Gasteiger partial charge in [0.2, 0.25) is 0 Å². The van der Waals surface area contributed by atoms with Crippen molar-refractivity contribution in [2.24, 2.45) is 0 Å². The Hall–Kier alpha value is -2.03.